The zero-order valence-electron chi connectivity index (χ0n) is 14.1. The monoisotopic (exact) mass is 342 g/mol. The van der Waals surface area contributed by atoms with Crippen LogP contribution in [0.15, 0.2) is 29.6 Å². The van der Waals surface area contributed by atoms with Crippen LogP contribution < -0.4 is 4.74 Å². The van der Waals surface area contributed by atoms with E-state index in [0.717, 1.165) is 42.3 Å². The van der Waals surface area contributed by atoms with Crippen molar-refractivity contribution >= 4 is 17.2 Å². The predicted octanol–water partition coefficient (Wildman–Crippen LogP) is 3.93. The van der Waals surface area contributed by atoms with Gasteiger partial charge in [0.05, 0.1) is 23.9 Å². The summed E-state index contributed by atoms with van der Waals surface area (Å²) in [5.41, 5.74) is 2.23. The zero-order valence-corrected chi connectivity index (χ0v) is 14.9. The lowest BCUT2D eigenvalue weighted by Crippen LogP contribution is -2.32. The molecule has 1 aromatic carbocycles. The normalized spacial score (nSPS) is 25.8. The number of carbonyl (C=O) groups excluding carboxylic acids is 1. The van der Waals surface area contributed by atoms with Crippen molar-refractivity contribution in [2.45, 2.75) is 38.1 Å². The van der Waals surface area contributed by atoms with Gasteiger partial charge in [0, 0.05) is 17.8 Å². The van der Waals surface area contributed by atoms with Crippen LogP contribution >= 0.6 is 11.3 Å². The van der Waals surface area contributed by atoms with E-state index in [9.17, 15) is 4.79 Å². The highest BCUT2D eigenvalue weighted by atomic mass is 32.1. The molecule has 4 nitrogen and oxygen atoms in total. The van der Waals surface area contributed by atoms with E-state index in [1.165, 1.54) is 5.56 Å². The Balaban J connectivity index is 1.50. The van der Waals surface area contributed by atoms with Crippen LogP contribution in [0.25, 0.3) is 0 Å². The number of rotatable bonds is 4. The van der Waals surface area contributed by atoms with Crippen LogP contribution in [0, 0.1) is 12.8 Å². The van der Waals surface area contributed by atoms with Crippen molar-refractivity contribution in [3.05, 3.63) is 45.9 Å². The number of para-hydroxylation sites is 1. The minimum absolute atomic E-state index is 0.0987. The Morgan fingerprint density at radius 2 is 2.21 bits per heavy atom. The smallest absolute Gasteiger partial charge is 0.226 e. The maximum atomic E-state index is 13.0. The largest absolute Gasteiger partial charge is 0.496 e. The van der Waals surface area contributed by atoms with Gasteiger partial charge in [0.1, 0.15) is 5.75 Å². The molecule has 2 fully saturated rings. The molecular weight excluding hydrogens is 320 g/mol. The number of carbonyl (C=O) groups is 1. The topological polar surface area (TPSA) is 42.4 Å². The summed E-state index contributed by atoms with van der Waals surface area (Å²) in [7, 11) is 1.69. The molecule has 1 aliphatic heterocycles. The quantitative estimate of drug-likeness (QED) is 0.845. The van der Waals surface area contributed by atoms with Crippen molar-refractivity contribution in [3.63, 3.8) is 0 Å². The zero-order chi connectivity index (χ0) is 16.7. The first kappa shape index (κ1) is 15.6. The standard InChI is InChI=1S/C19H22N2O2S/c1-12-20-16(11-24-12)17-7-5-9-21(17)19(22)15-10-14(15)13-6-3-4-8-18(13)23-2/h3-4,6,8,11,14-15,17H,5,7,9-10H2,1-2H3/t14-,15+,17-/m0/s1. The van der Waals surface area contributed by atoms with Crippen LogP contribution in [0.4, 0.5) is 0 Å². The number of methoxy groups -OCH3 is 1. The van der Waals surface area contributed by atoms with Gasteiger partial charge in [0.2, 0.25) is 5.91 Å². The number of benzene rings is 1. The Hall–Kier alpha value is -1.88. The fraction of sp³-hybridized carbons (Fsp3) is 0.474. The molecule has 2 aromatic rings. The molecule has 0 radical (unpaired) electrons. The van der Waals surface area contributed by atoms with E-state index in [1.54, 1.807) is 18.4 Å². The average Bonchev–Trinajstić information content (AvgIpc) is 3.02. The Morgan fingerprint density at radius 1 is 1.38 bits per heavy atom. The first-order valence-electron chi connectivity index (χ1n) is 8.54. The highest BCUT2D eigenvalue weighted by molar-refractivity contribution is 7.09. The molecule has 2 heterocycles. The third kappa shape index (κ3) is 2.71. The Kier molecular flexibility index (Phi) is 4.04. The molecule has 126 valence electrons. The molecule has 4 rings (SSSR count). The number of aromatic nitrogens is 1. The van der Waals surface area contributed by atoms with E-state index in [-0.39, 0.29) is 12.0 Å². The first-order valence-corrected chi connectivity index (χ1v) is 9.42. The van der Waals surface area contributed by atoms with Crippen LogP contribution in [-0.4, -0.2) is 29.4 Å². The molecule has 2 aliphatic rings. The third-order valence-electron chi connectivity index (χ3n) is 5.16. The second-order valence-electron chi connectivity index (χ2n) is 6.67. The molecule has 1 amide bonds. The van der Waals surface area contributed by atoms with Crippen molar-refractivity contribution in [2.75, 3.05) is 13.7 Å². The van der Waals surface area contributed by atoms with Gasteiger partial charge in [-0.05, 0) is 43.7 Å². The van der Waals surface area contributed by atoms with Crippen LogP contribution in [0.2, 0.25) is 0 Å². The van der Waals surface area contributed by atoms with Gasteiger partial charge in [-0.3, -0.25) is 4.79 Å². The molecule has 1 aliphatic carbocycles. The lowest BCUT2D eigenvalue weighted by atomic mass is 10.1. The average molecular weight is 342 g/mol. The molecule has 5 heteroatoms. The van der Waals surface area contributed by atoms with E-state index in [0.29, 0.717) is 11.8 Å². The Bertz CT molecular complexity index is 757. The van der Waals surface area contributed by atoms with Crippen molar-refractivity contribution in [1.29, 1.82) is 0 Å². The number of thiazole rings is 1. The summed E-state index contributed by atoms with van der Waals surface area (Å²) < 4.78 is 5.46. The van der Waals surface area contributed by atoms with Gasteiger partial charge in [-0.2, -0.15) is 0 Å². The fourth-order valence-electron chi connectivity index (χ4n) is 3.87. The lowest BCUT2D eigenvalue weighted by Gasteiger charge is -2.23. The minimum atomic E-state index is 0.0987. The summed E-state index contributed by atoms with van der Waals surface area (Å²) in [5.74, 6) is 1.58. The number of nitrogens with zero attached hydrogens (tertiary/aromatic N) is 2. The van der Waals surface area contributed by atoms with Gasteiger partial charge in [-0.15, -0.1) is 11.3 Å². The van der Waals surface area contributed by atoms with Gasteiger partial charge < -0.3 is 9.64 Å². The van der Waals surface area contributed by atoms with E-state index < -0.39 is 0 Å². The minimum Gasteiger partial charge on any atom is -0.496 e. The summed E-state index contributed by atoms with van der Waals surface area (Å²) in [4.78, 5) is 19.7. The van der Waals surface area contributed by atoms with Crippen molar-refractivity contribution < 1.29 is 9.53 Å². The molecule has 1 saturated heterocycles. The molecule has 0 bridgehead atoms. The fourth-order valence-corrected chi connectivity index (χ4v) is 4.53. The number of aryl methyl sites for hydroxylation is 1. The Labute approximate surface area is 146 Å². The van der Waals surface area contributed by atoms with Gasteiger partial charge in [0.25, 0.3) is 0 Å². The summed E-state index contributed by atoms with van der Waals surface area (Å²) in [6, 6.07) is 8.23. The summed E-state index contributed by atoms with van der Waals surface area (Å²) >= 11 is 1.67. The molecular formula is C19H22N2O2S. The van der Waals surface area contributed by atoms with E-state index >= 15 is 0 Å². The van der Waals surface area contributed by atoms with Crippen molar-refractivity contribution in [2.24, 2.45) is 5.92 Å². The van der Waals surface area contributed by atoms with Crippen LogP contribution in [0.5, 0.6) is 5.75 Å². The number of hydrogen-bond acceptors (Lipinski definition) is 4. The van der Waals surface area contributed by atoms with Gasteiger partial charge in [-0.25, -0.2) is 4.98 Å². The lowest BCUT2D eigenvalue weighted by molar-refractivity contribution is -0.133. The van der Waals surface area contributed by atoms with E-state index in [2.05, 4.69) is 21.3 Å². The number of likely N-dealkylation sites (tertiary alicyclic amines) is 1. The van der Waals surface area contributed by atoms with Gasteiger partial charge in [-0.1, -0.05) is 18.2 Å². The second kappa shape index (κ2) is 6.20. The van der Waals surface area contributed by atoms with Gasteiger partial charge >= 0.3 is 0 Å². The van der Waals surface area contributed by atoms with Crippen LogP contribution in [0.1, 0.15) is 47.5 Å². The number of ether oxygens (including phenoxy) is 1. The second-order valence-corrected chi connectivity index (χ2v) is 7.73. The molecule has 3 atom stereocenters. The molecule has 24 heavy (non-hydrogen) atoms. The molecule has 0 N–H and O–H groups in total. The number of hydrogen-bond donors (Lipinski definition) is 0. The molecule has 1 aromatic heterocycles. The third-order valence-corrected chi connectivity index (χ3v) is 5.95. The SMILES string of the molecule is COc1ccccc1[C@@H]1C[C@H]1C(=O)N1CCC[C@H]1c1csc(C)n1. The van der Waals surface area contributed by atoms with Gasteiger partial charge in [0.15, 0.2) is 0 Å². The maximum absolute atomic E-state index is 13.0. The molecule has 0 spiro atoms. The summed E-state index contributed by atoms with van der Waals surface area (Å²) in [6.45, 7) is 2.88. The van der Waals surface area contributed by atoms with E-state index in [4.69, 9.17) is 4.74 Å². The molecule has 0 unspecified atom stereocenters. The maximum Gasteiger partial charge on any atom is 0.226 e. The first-order chi connectivity index (χ1) is 11.7. The highest BCUT2D eigenvalue weighted by Gasteiger charge is 2.48. The Morgan fingerprint density at radius 3 is 2.96 bits per heavy atom. The summed E-state index contributed by atoms with van der Waals surface area (Å²) in [6.07, 6.45) is 3.03. The number of amides is 1. The van der Waals surface area contributed by atoms with Crippen molar-refractivity contribution in [1.82, 2.24) is 9.88 Å². The van der Waals surface area contributed by atoms with Crippen LogP contribution in [-0.2, 0) is 4.79 Å². The predicted molar refractivity (Wildman–Crippen MR) is 94.4 cm³/mol. The highest BCUT2D eigenvalue weighted by Crippen LogP contribution is 2.52. The summed E-state index contributed by atoms with van der Waals surface area (Å²) in [5, 5.41) is 3.18. The van der Waals surface area contributed by atoms with E-state index in [1.807, 2.05) is 25.1 Å². The van der Waals surface area contributed by atoms with Crippen molar-refractivity contribution in [3.8, 4) is 5.75 Å². The molecule has 1 saturated carbocycles. The van der Waals surface area contributed by atoms with Crippen LogP contribution in [0.3, 0.4) is 0 Å².